The number of hydrogen-bond acceptors (Lipinski definition) is 5. The minimum absolute atomic E-state index is 0.0486. The average molecular weight is 266 g/mol. The highest BCUT2D eigenvalue weighted by atomic mass is 16.5. The van der Waals surface area contributed by atoms with Crippen LogP contribution >= 0.6 is 0 Å². The molecule has 0 aliphatic carbocycles. The largest absolute Gasteiger partial charge is 0.344 e. The number of nitrogens with zero attached hydrogens (tertiary/aromatic N) is 2. The van der Waals surface area contributed by atoms with Crippen molar-refractivity contribution in [2.45, 2.75) is 45.6 Å². The van der Waals surface area contributed by atoms with E-state index in [1.807, 2.05) is 27.7 Å². The molecule has 1 aliphatic rings. The smallest absolute Gasteiger partial charge is 0.248 e. The minimum Gasteiger partial charge on any atom is -0.344 e. The molecular formula is C13H22N4O2. The van der Waals surface area contributed by atoms with Gasteiger partial charge in [0, 0.05) is 12.0 Å². The number of nitrogens with one attached hydrogen (secondary N) is 2. The summed E-state index contributed by atoms with van der Waals surface area (Å²) in [6, 6.07) is -0.253. The zero-order valence-electron chi connectivity index (χ0n) is 12.0. The van der Waals surface area contributed by atoms with E-state index >= 15 is 0 Å². The summed E-state index contributed by atoms with van der Waals surface area (Å²) in [5, 5.41) is 10.1. The van der Waals surface area contributed by atoms with Gasteiger partial charge in [0.05, 0.1) is 5.92 Å². The molecule has 0 aromatic carbocycles. The van der Waals surface area contributed by atoms with Crippen LogP contribution in [0.2, 0.25) is 0 Å². The van der Waals surface area contributed by atoms with Gasteiger partial charge in [0.1, 0.15) is 6.04 Å². The monoisotopic (exact) mass is 266 g/mol. The van der Waals surface area contributed by atoms with Gasteiger partial charge >= 0.3 is 0 Å². The van der Waals surface area contributed by atoms with Crippen molar-refractivity contribution in [3.63, 3.8) is 0 Å². The molecule has 1 fully saturated rings. The van der Waals surface area contributed by atoms with Crippen LogP contribution in [0.3, 0.4) is 0 Å². The highest BCUT2D eigenvalue weighted by Crippen LogP contribution is 2.21. The summed E-state index contributed by atoms with van der Waals surface area (Å²) in [5.41, 5.74) is -0.152. The molecule has 2 heterocycles. The van der Waals surface area contributed by atoms with Crippen LogP contribution in [0.15, 0.2) is 4.52 Å². The van der Waals surface area contributed by atoms with E-state index < -0.39 is 0 Å². The lowest BCUT2D eigenvalue weighted by atomic mass is 9.96. The molecule has 106 valence electrons. The summed E-state index contributed by atoms with van der Waals surface area (Å²) in [6.45, 7) is 9.58. The van der Waals surface area contributed by atoms with Crippen molar-refractivity contribution in [2.75, 3.05) is 13.1 Å². The zero-order valence-corrected chi connectivity index (χ0v) is 12.0. The Morgan fingerprint density at radius 2 is 2.26 bits per heavy atom. The van der Waals surface area contributed by atoms with Crippen molar-refractivity contribution < 1.29 is 9.32 Å². The Morgan fingerprint density at radius 3 is 2.79 bits per heavy atom. The predicted molar refractivity (Wildman–Crippen MR) is 70.5 cm³/mol. The molecule has 2 rings (SSSR count). The topological polar surface area (TPSA) is 80.0 Å². The number of amides is 1. The van der Waals surface area contributed by atoms with Crippen molar-refractivity contribution in [1.82, 2.24) is 20.8 Å². The van der Waals surface area contributed by atoms with Gasteiger partial charge in [-0.25, -0.2) is 0 Å². The molecule has 1 aliphatic heterocycles. The van der Waals surface area contributed by atoms with Gasteiger partial charge in [0.15, 0.2) is 5.82 Å². The lowest BCUT2D eigenvalue weighted by molar-refractivity contribution is -0.125. The highest BCUT2D eigenvalue weighted by molar-refractivity contribution is 5.79. The predicted octanol–water partition coefficient (Wildman–Crippen LogP) is 1.15. The fourth-order valence-corrected chi connectivity index (χ4v) is 1.99. The molecule has 2 unspecified atom stereocenters. The molecule has 0 saturated carbocycles. The number of aromatic nitrogens is 2. The lowest BCUT2D eigenvalue weighted by Gasteiger charge is -2.14. The van der Waals surface area contributed by atoms with E-state index in [1.54, 1.807) is 0 Å². The molecule has 1 saturated heterocycles. The van der Waals surface area contributed by atoms with Gasteiger partial charge in [-0.05, 0) is 19.9 Å². The molecule has 6 heteroatoms. The normalized spacial score (nSPS) is 21.4. The van der Waals surface area contributed by atoms with Crippen molar-refractivity contribution in [3.05, 3.63) is 11.7 Å². The van der Waals surface area contributed by atoms with E-state index in [2.05, 4.69) is 20.8 Å². The van der Waals surface area contributed by atoms with Crippen LogP contribution in [0.25, 0.3) is 0 Å². The fourth-order valence-electron chi connectivity index (χ4n) is 1.99. The Morgan fingerprint density at radius 1 is 1.53 bits per heavy atom. The van der Waals surface area contributed by atoms with E-state index in [4.69, 9.17) is 4.52 Å². The van der Waals surface area contributed by atoms with Crippen molar-refractivity contribution in [1.29, 1.82) is 0 Å². The van der Waals surface area contributed by atoms with Crippen LogP contribution in [-0.2, 0) is 10.2 Å². The summed E-state index contributed by atoms with van der Waals surface area (Å²) in [6.07, 6.45) is 0.885. The molecule has 0 bridgehead atoms. The highest BCUT2D eigenvalue weighted by Gasteiger charge is 2.27. The maximum absolute atomic E-state index is 12.0. The van der Waals surface area contributed by atoms with E-state index in [1.165, 1.54) is 0 Å². The Kier molecular flexibility index (Phi) is 3.89. The summed E-state index contributed by atoms with van der Waals surface area (Å²) in [5.74, 6) is 1.22. The van der Waals surface area contributed by atoms with Gasteiger partial charge in [-0.2, -0.15) is 4.98 Å². The number of carbonyl (C=O) groups excluding carboxylic acids is 1. The van der Waals surface area contributed by atoms with E-state index in [-0.39, 0.29) is 23.3 Å². The SMILES string of the molecule is CC(NC(=O)C1CCNC1)c1nc(C(C)(C)C)no1. The van der Waals surface area contributed by atoms with Gasteiger partial charge in [-0.3, -0.25) is 4.79 Å². The molecule has 19 heavy (non-hydrogen) atoms. The minimum atomic E-state index is -0.253. The maximum Gasteiger partial charge on any atom is 0.248 e. The Hall–Kier alpha value is -1.43. The first-order valence-corrected chi connectivity index (χ1v) is 6.73. The van der Waals surface area contributed by atoms with Crippen LogP contribution in [0.4, 0.5) is 0 Å². The summed E-state index contributed by atoms with van der Waals surface area (Å²) in [7, 11) is 0. The van der Waals surface area contributed by atoms with Gasteiger partial charge in [0.25, 0.3) is 0 Å². The van der Waals surface area contributed by atoms with E-state index in [0.717, 1.165) is 19.5 Å². The second-order valence-electron chi connectivity index (χ2n) is 6.13. The molecule has 1 aromatic heterocycles. The van der Waals surface area contributed by atoms with Crippen LogP contribution < -0.4 is 10.6 Å². The third-order valence-corrected chi connectivity index (χ3v) is 3.27. The van der Waals surface area contributed by atoms with Crippen molar-refractivity contribution in [3.8, 4) is 0 Å². The third kappa shape index (κ3) is 3.32. The molecule has 0 spiro atoms. The summed E-state index contributed by atoms with van der Waals surface area (Å²) >= 11 is 0. The van der Waals surface area contributed by atoms with E-state index in [0.29, 0.717) is 11.7 Å². The summed E-state index contributed by atoms with van der Waals surface area (Å²) < 4.78 is 5.23. The van der Waals surface area contributed by atoms with Crippen LogP contribution in [-0.4, -0.2) is 29.1 Å². The second-order valence-corrected chi connectivity index (χ2v) is 6.13. The molecule has 2 atom stereocenters. The van der Waals surface area contributed by atoms with Crippen molar-refractivity contribution in [2.24, 2.45) is 5.92 Å². The number of carbonyl (C=O) groups is 1. The molecule has 1 aromatic rings. The quantitative estimate of drug-likeness (QED) is 0.858. The number of hydrogen-bond donors (Lipinski definition) is 2. The van der Waals surface area contributed by atoms with Crippen LogP contribution in [0, 0.1) is 5.92 Å². The lowest BCUT2D eigenvalue weighted by Crippen LogP contribution is -2.34. The van der Waals surface area contributed by atoms with Gasteiger partial charge < -0.3 is 15.2 Å². The summed E-state index contributed by atoms with van der Waals surface area (Å²) in [4.78, 5) is 16.3. The van der Waals surface area contributed by atoms with E-state index in [9.17, 15) is 4.79 Å². The zero-order chi connectivity index (χ0) is 14.0. The third-order valence-electron chi connectivity index (χ3n) is 3.27. The van der Waals surface area contributed by atoms with Gasteiger partial charge in [-0.15, -0.1) is 0 Å². The van der Waals surface area contributed by atoms with Gasteiger partial charge in [-0.1, -0.05) is 25.9 Å². The van der Waals surface area contributed by atoms with Crippen LogP contribution in [0.1, 0.15) is 51.9 Å². The average Bonchev–Trinajstić information content (AvgIpc) is 3.00. The molecule has 2 N–H and O–H groups in total. The Labute approximate surface area is 113 Å². The Balaban J connectivity index is 1.97. The fraction of sp³-hybridized carbons (Fsp3) is 0.769. The molecular weight excluding hydrogens is 244 g/mol. The molecule has 0 radical (unpaired) electrons. The Bertz CT molecular complexity index is 444. The maximum atomic E-state index is 12.0. The molecule has 6 nitrogen and oxygen atoms in total. The van der Waals surface area contributed by atoms with Crippen molar-refractivity contribution >= 4 is 5.91 Å². The number of rotatable bonds is 3. The first-order valence-electron chi connectivity index (χ1n) is 6.73. The first kappa shape index (κ1) is 14.0. The second kappa shape index (κ2) is 5.28. The molecule has 1 amide bonds. The standard InChI is InChI=1S/C13H22N4O2/c1-8(15-10(18)9-5-6-14-7-9)11-16-12(17-19-11)13(2,3)4/h8-9,14H,5-7H2,1-4H3,(H,15,18). The van der Waals surface area contributed by atoms with Crippen LogP contribution in [0.5, 0.6) is 0 Å². The first-order chi connectivity index (χ1) is 8.88. The van der Waals surface area contributed by atoms with Gasteiger partial charge in [0.2, 0.25) is 11.8 Å².